The van der Waals surface area contributed by atoms with Crippen molar-refractivity contribution in [1.29, 1.82) is 0 Å². The van der Waals surface area contributed by atoms with Crippen molar-refractivity contribution in [3.63, 3.8) is 0 Å². The van der Waals surface area contributed by atoms with Gasteiger partial charge in [-0.05, 0) is 31.6 Å². The zero-order chi connectivity index (χ0) is 11.1. The second-order valence-electron chi connectivity index (χ2n) is 4.45. The molecule has 1 saturated carbocycles. The third-order valence-corrected chi connectivity index (χ3v) is 3.00. The third kappa shape index (κ3) is 5.05. The van der Waals surface area contributed by atoms with Crippen molar-refractivity contribution in [2.75, 3.05) is 6.61 Å². The maximum Gasteiger partial charge on any atom is 0.508 e. The molecule has 0 radical (unpaired) electrons. The Hall–Kier alpha value is -0.730. The van der Waals surface area contributed by atoms with Crippen molar-refractivity contribution in [2.24, 2.45) is 5.92 Å². The number of carbonyl (C=O) groups is 1. The molecule has 0 heterocycles. The molecule has 1 aliphatic carbocycles. The molecule has 0 amide bonds. The van der Waals surface area contributed by atoms with Crippen LogP contribution in [0.25, 0.3) is 0 Å². The smallest absolute Gasteiger partial charge is 0.434 e. The highest BCUT2D eigenvalue weighted by atomic mass is 16.7. The van der Waals surface area contributed by atoms with Crippen LogP contribution in [0.1, 0.15) is 52.4 Å². The van der Waals surface area contributed by atoms with Crippen LogP contribution in [0.2, 0.25) is 0 Å². The summed E-state index contributed by atoms with van der Waals surface area (Å²) in [4.78, 5) is 11.3. The predicted molar refractivity (Wildman–Crippen MR) is 58.8 cm³/mol. The Morgan fingerprint density at radius 2 is 2.00 bits per heavy atom. The van der Waals surface area contributed by atoms with E-state index in [0.717, 1.165) is 19.3 Å². The predicted octanol–water partition coefficient (Wildman–Crippen LogP) is 3.52. The molecule has 1 fully saturated rings. The maximum absolute atomic E-state index is 11.3. The molecule has 1 unspecified atom stereocenters. The van der Waals surface area contributed by atoms with Gasteiger partial charge in [0, 0.05) is 0 Å². The molecule has 3 heteroatoms. The molecule has 0 aromatic heterocycles. The van der Waals surface area contributed by atoms with Crippen LogP contribution in [0.15, 0.2) is 0 Å². The lowest BCUT2D eigenvalue weighted by molar-refractivity contribution is 0.00515. The first-order valence-electron chi connectivity index (χ1n) is 6.05. The minimum absolute atomic E-state index is 0.100. The Bertz CT molecular complexity index is 185. The fourth-order valence-electron chi connectivity index (χ4n) is 1.68. The van der Waals surface area contributed by atoms with Gasteiger partial charge < -0.3 is 9.47 Å². The standard InChI is InChI=1S/C12H22O3/c1-3-10(2)9-14-12(13)15-11-7-5-4-6-8-11/h10-11H,3-9H2,1-2H3. The Labute approximate surface area is 92.1 Å². The molecule has 1 aliphatic rings. The van der Waals surface area contributed by atoms with Gasteiger partial charge in [0.25, 0.3) is 0 Å². The van der Waals surface area contributed by atoms with E-state index in [1.54, 1.807) is 0 Å². The first-order chi connectivity index (χ1) is 7.22. The largest absolute Gasteiger partial charge is 0.508 e. The van der Waals surface area contributed by atoms with Crippen molar-refractivity contribution in [3.05, 3.63) is 0 Å². The van der Waals surface area contributed by atoms with Gasteiger partial charge in [-0.3, -0.25) is 0 Å². The minimum Gasteiger partial charge on any atom is -0.434 e. The van der Waals surface area contributed by atoms with Crippen LogP contribution in [0.3, 0.4) is 0 Å². The van der Waals surface area contributed by atoms with E-state index in [1.807, 2.05) is 0 Å². The average molecular weight is 214 g/mol. The summed E-state index contributed by atoms with van der Waals surface area (Å²) in [5.41, 5.74) is 0. The van der Waals surface area contributed by atoms with Crippen molar-refractivity contribution in [1.82, 2.24) is 0 Å². The second-order valence-corrected chi connectivity index (χ2v) is 4.45. The molecule has 1 rings (SSSR count). The normalized spacial score (nSPS) is 19.6. The van der Waals surface area contributed by atoms with Crippen LogP contribution < -0.4 is 0 Å². The molecular weight excluding hydrogens is 192 g/mol. The first kappa shape index (κ1) is 12.3. The van der Waals surface area contributed by atoms with E-state index in [9.17, 15) is 4.79 Å². The summed E-state index contributed by atoms with van der Waals surface area (Å²) in [5, 5.41) is 0. The number of hydrogen-bond donors (Lipinski definition) is 0. The summed E-state index contributed by atoms with van der Waals surface area (Å²) in [7, 11) is 0. The lowest BCUT2D eigenvalue weighted by Crippen LogP contribution is -2.22. The zero-order valence-corrected chi connectivity index (χ0v) is 9.83. The fraction of sp³-hybridized carbons (Fsp3) is 0.917. The number of ether oxygens (including phenoxy) is 2. The van der Waals surface area contributed by atoms with Crippen molar-refractivity contribution >= 4 is 6.16 Å². The van der Waals surface area contributed by atoms with Crippen LogP contribution in [0, 0.1) is 5.92 Å². The van der Waals surface area contributed by atoms with Crippen molar-refractivity contribution in [3.8, 4) is 0 Å². The van der Waals surface area contributed by atoms with E-state index in [2.05, 4.69) is 13.8 Å². The van der Waals surface area contributed by atoms with Crippen LogP contribution in [-0.2, 0) is 9.47 Å². The number of carbonyl (C=O) groups excluding carboxylic acids is 1. The Balaban J connectivity index is 2.11. The van der Waals surface area contributed by atoms with Gasteiger partial charge in [-0.15, -0.1) is 0 Å². The number of rotatable bonds is 4. The van der Waals surface area contributed by atoms with E-state index < -0.39 is 6.16 Å². The molecule has 3 nitrogen and oxygen atoms in total. The molecule has 0 aliphatic heterocycles. The van der Waals surface area contributed by atoms with E-state index in [1.165, 1.54) is 19.3 Å². The summed E-state index contributed by atoms with van der Waals surface area (Å²) >= 11 is 0. The SMILES string of the molecule is CCC(C)COC(=O)OC1CCCCC1. The Morgan fingerprint density at radius 1 is 1.33 bits per heavy atom. The highest BCUT2D eigenvalue weighted by molar-refractivity contribution is 5.60. The van der Waals surface area contributed by atoms with E-state index in [-0.39, 0.29) is 6.10 Å². The summed E-state index contributed by atoms with van der Waals surface area (Å²) in [6, 6.07) is 0. The van der Waals surface area contributed by atoms with Crippen LogP contribution >= 0.6 is 0 Å². The van der Waals surface area contributed by atoms with Gasteiger partial charge in [-0.1, -0.05) is 26.7 Å². The maximum atomic E-state index is 11.3. The van der Waals surface area contributed by atoms with Gasteiger partial charge in [0.1, 0.15) is 6.10 Å². The van der Waals surface area contributed by atoms with E-state index in [4.69, 9.17) is 9.47 Å². The lowest BCUT2D eigenvalue weighted by Gasteiger charge is -2.21. The van der Waals surface area contributed by atoms with Gasteiger partial charge in [0.2, 0.25) is 0 Å². The molecule has 15 heavy (non-hydrogen) atoms. The fourth-order valence-corrected chi connectivity index (χ4v) is 1.68. The van der Waals surface area contributed by atoms with Crippen LogP contribution in [-0.4, -0.2) is 18.9 Å². The molecular formula is C12H22O3. The van der Waals surface area contributed by atoms with Crippen LogP contribution in [0.5, 0.6) is 0 Å². The summed E-state index contributed by atoms with van der Waals surface area (Å²) in [5.74, 6) is 0.420. The molecule has 0 spiro atoms. The monoisotopic (exact) mass is 214 g/mol. The first-order valence-corrected chi connectivity index (χ1v) is 6.05. The Morgan fingerprint density at radius 3 is 2.60 bits per heavy atom. The molecule has 1 atom stereocenters. The Kier molecular flexibility index (Phi) is 5.51. The van der Waals surface area contributed by atoms with Crippen molar-refractivity contribution < 1.29 is 14.3 Å². The highest BCUT2D eigenvalue weighted by Crippen LogP contribution is 2.20. The van der Waals surface area contributed by atoms with Crippen LogP contribution in [0.4, 0.5) is 4.79 Å². The summed E-state index contributed by atoms with van der Waals surface area (Å²) < 4.78 is 10.3. The van der Waals surface area contributed by atoms with Gasteiger partial charge in [0.15, 0.2) is 0 Å². The molecule has 0 bridgehead atoms. The van der Waals surface area contributed by atoms with Gasteiger partial charge in [0.05, 0.1) is 6.61 Å². The van der Waals surface area contributed by atoms with Crippen molar-refractivity contribution in [2.45, 2.75) is 58.5 Å². The quantitative estimate of drug-likeness (QED) is 0.672. The second kappa shape index (κ2) is 6.70. The van der Waals surface area contributed by atoms with Gasteiger partial charge in [-0.25, -0.2) is 4.79 Å². The molecule has 0 aromatic carbocycles. The lowest BCUT2D eigenvalue weighted by atomic mass is 9.98. The van der Waals surface area contributed by atoms with E-state index >= 15 is 0 Å². The van der Waals surface area contributed by atoms with Gasteiger partial charge >= 0.3 is 6.16 Å². The average Bonchev–Trinajstić information content (AvgIpc) is 2.27. The zero-order valence-electron chi connectivity index (χ0n) is 9.83. The molecule has 0 N–H and O–H groups in total. The third-order valence-electron chi connectivity index (χ3n) is 3.00. The summed E-state index contributed by atoms with van der Waals surface area (Å²) in [6.45, 7) is 4.62. The molecule has 0 saturated heterocycles. The highest BCUT2D eigenvalue weighted by Gasteiger charge is 2.18. The van der Waals surface area contributed by atoms with E-state index in [0.29, 0.717) is 12.5 Å². The molecule has 88 valence electrons. The van der Waals surface area contributed by atoms with Gasteiger partial charge in [-0.2, -0.15) is 0 Å². The number of hydrogen-bond acceptors (Lipinski definition) is 3. The summed E-state index contributed by atoms with van der Waals surface area (Å²) in [6.07, 6.45) is 6.24. The minimum atomic E-state index is -0.484. The molecule has 0 aromatic rings. The topological polar surface area (TPSA) is 35.5 Å².